The molecule has 8 nitrogen and oxygen atoms in total. The number of hydrogen-bond donors (Lipinski definition) is 1. The zero-order valence-electron chi connectivity index (χ0n) is 25.2. The summed E-state index contributed by atoms with van der Waals surface area (Å²) in [5.41, 5.74) is 1.63. The van der Waals surface area contributed by atoms with Gasteiger partial charge in [0.25, 0.3) is 0 Å². The van der Waals surface area contributed by atoms with Crippen molar-refractivity contribution in [1.29, 1.82) is 0 Å². The lowest BCUT2D eigenvalue weighted by Crippen LogP contribution is -2.39. The molecule has 0 spiro atoms. The molecule has 1 aromatic heterocycles. The number of likely N-dealkylation sites (tertiary alicyclic amines) is 1. The lowest BCUT2D eigenvalue weighted by molar-refractivity contribution is -0.140. The molecule has 0 radical (unpaired) electrons. The fourth-order valence-electron chi connectivity index (χ4n) is 6.18. The molecule has 0 saturated carbocycles. The Morgan fingerprint density at radius 3 is 2.51 bits per heavy atom. The van der Waals surface area contributed by atoms with Gasteiger partial charge in [-0.2, -0.15) is 0 Å². The first-order valence-corrected chi connectivity index (χ1v) is 15.9. The minimum atomic E-state index is -1.02. The highest BCUT2D eigenvalue weighted by molar-refractivity contribution is 6.30. The minimum Gasteiger partial charge on any atom is -0.490 e. The van der Waals surface area contributed by atoms with Gasteiger partial charge in [0.05, 0.1) is 30.6 Å². The van der Waals surface area contributed by atoms with E-state index in [1.807, 2.05) is 10.6 Å². The predicted molar refractivity (Wildman–Crippen MR) is 167 cm³/mol. The van der Waals surface area contributed by atoms with Gasteiger partial charge in [0.2, 0.25) is 0 Å². The quantitative estimate of drug-likeness (QED) is 0.188. The van der Waals surface area contributed by atoms with Crippen molar-refractivity contribution >= 4 is 28.6 Å². The van der Waals surface area contributed by atoms with Gasteiger partial charge < -0.3 is 23.9 Å². The summed E-state index contributed by atoms with van der Waals surface area (Å²) in [7, 11) is 0. The smallest absolute Gasteiger partial charge is 0.320 e. The number of halogens is 4. The van der Waals surface area contributed by atoms with Crippen molar-refractivity contribution in [1.82, 2.24) is 14.5 Å². The van der Waals surface area contributed by atoms with E-state index < -0.39 is 35.3 Å². The van der Waals surface area contributed by atoms with E-state index in [1.165, 1.54) is 24.3 Å². The number of ether oxygens (including phenoxy) is 3. The number of carboxylic acids is 1. The summed E-state index contributed by atoms with van der Waals surface area (Å²) in [5.74, 6) is 2.66. The summed E-state index contributed by atoms with van der Waals surface area (Å²) in [6.45, 7) is 2.92. The van der Waals surface area contributed by atoms with Crippen LogP contribution in [-0.2, 0) is 29.2 Å². The average Bonchev–Trinajstić information content (AvgIpc) is 3.33. The summed E-state index contributed by atoms with van der Waals surface area (Å²) in [4.78, 5) is 18.5. The molecule has 1 aliphatic carbocycles. The number of imidazole rings is 1. The van der Waals surface area contributed by atoms with E-state index >= 15 is 4.39 Å². The summed E-state index contributed by atoms with van der Waals surface area (Å²) in [5, 5.41) is 9.71. The number of benzene rings is 3. The number of nitrogens with zero attached hydrogens (tertiary/aromatic N) is 3. The number of piperidine rings is 1. The number of aromatic nitrogens is 2. The summed E-state index contributed by atoms with van der Waals surface area (Å²) < 4.78 is 63.4. The maximum atomic E-state index is 15.4. The van der Waals surface area contributed by atoms with Crippen LogP contribution in [0.2, 0.25) is 5.02 Å². The molecule has 2 fully saturated rings. The first kappa shape index (κ1) is 31.4. The van der Waals surface area contributed by atoms with E-state index in [0.717, 1.165) is 12.5 Å². The molecule has 244 valence electrons. The predicted octanol–water partition coefficient (Wildman–Crippen LogP) is 6.32. The third-order valence-electron chi connectivity index (χ3n) is 8.94. The van der Waals surface area contributed by atoms with Gasteiger partial charge in [0, 0.05) is 30.3 Å². The molecule has 3 atom stereocenters. The molecular formula is C35H31ClF3N3O5. The molecule has 47 heavy (non-hydrogen) atoms. The van der Waals surface area contributed by atoms with Crippen LogP contribution in [0, 0.1) is 35.2 Å². The third-order valence-corrected chi connectivity index (χ3v) is 9.17. The Morgan fingerprint density at radius 1 is 1.02 bits per heavy atom. The molecule has 3 heterocycles. The van der Waals surface area contributed by atoms with Crippen LogP contribution in [0.5, 0.6) is 11.5 Å². The summed E-state index contributed by atoms with van der Waals surface area (Å²) in [6.07, 6.45) is 2.21. The van der Waals surface area contributed by atoms with Gasteiger partial charge in [-0.3, -0.25) is 9.69 Å². The van der Waals surface area contributed by atoms with Crippen molar-refractivity contribution in [2.45, 2.75) is 57.1 Å². The average molecular weight is 666 g/mol. The van der Waals surface area contributed by atoms with Gasteiger partial charge in [-0.15, -0.1) is 0 Å². The first-order valence-electron chi connectivity index (χ1n) is 15.5. The molecule has 0 bridgehead atoms. The highest BCUT2D eigenvalue weighted by atomic mass is 35.5. The van der Waals surface area contributed by atoms with E-state index in [9.17, 15) is 18.7 Å². The monoisotopic (exact) mass is 665 g/mol. The van der Waals surface area contributed by atoms with Crippen molar-refractivity contribution in [3.8, 4) is 23.3 Å². The van der Waals surface area contributed by atoms with Crippen LogP contribution in [0.4, 0.5) is 13.2 Å². The Labute approximate surface area is 274 Å². The van der Waals surface area contributed by atoms with Crippen molar-refractivity contribution < 1.29 is 37.3 Å². The van der Waals surface area contributed by atoms with Crippen LogP contribution in [0.15, 0.2) is 48.5 Å². The number of carbonyl (C=O) groups is 1. The van der Waals surface area contributed by atoms with E-state index in [0.29, 0.717) is 68.3 Å². The molecule has 0 amide bonds. The highest BCUT2D eigenvalue weighted by Gasteiger charge is 2.34. The van der Waals surface area contributed by atoms with Gasteiger partial charge in [0.15, 0.2) is 17.4 Å². The Hall–Kier alpha value is -4.24. The summed E-state index contributed by atoms with van der Waals surface area (Å²) in [6, 6.07) is 11.6. The zero-order chi connectivity index (χ0) is 32.7. The van der Waals surface area contributed by atoms with Gasteiger partial charge in [-0.05, 0) is 73.4 Å². The second-order valence-corrected chi connectivity index (χ2v) is 12.5. The van der Waals surface area contributed by atoms with Crippen molar-refractivity contribution in [2.24, 2.45) is 5.92 Å². The Balaban J connectivity index is 1.01. The number of fused-ring (bicyclic) bond motifs is 1. The highest BCUT2D eigenvalue weighted by Crippen LogP contribution is 2.34. The lowest BCUT2D eigenvalue weighted by Gasteiger charge is -2.32. The Kier molecular flexibility index (Phi) is 8.75. The molecule has 7 rings (SSSR count). The summed E-state index contributed by atoms with van der Waals surface area (Å²) >= 11 is 5.79. The lowest BCUT2D eigenvalue weighted by atomic mass is 9.80. The third kappa shape index (κ3) is 6.63. The normalized spacial score (nSPS) is 21.1. The van der Waals surface area contributed by atoms with Gasteiger partial charge >= 0.3 is 5.97 Å². The van der Waals surface area contributed by atoms with E-state index in [4.69, 9.17) is 30.8 Å². The van der Waals surface area contributed by atoms with Crippen LogP contribution >= 0.6 is 11.6 Å². The van der Waals surface area contributed by atoms with Gasteiger partial charge in [-0.25, -0.2) is 18.2 Å². The van der Waals surface area contributed by atoms with Crippen LogP contribution < -0.4 is 9.47 Å². The molecule has 2 aliphatic heterocycles. The zero-order valence-corrected chi connectivity index (χ0v) is 26.0. The minimum absolute atomic E-state index is 0.00322. The van der Waals surface area contributed by atoms with Crippen LogP contribution in [0.25, 0.3) is 11.0 Å². The molecule has 1 N–H and O–H groups in total. The molecule has 2 unspecified atom stereocenters. The Morgan fingerprint density at radius 2 is 1.83 bits per heavy atom. The van der Waals surface area contributed by atoms with Crippen molar-refractivity contribution in [2.75, 3.05) is 19.7 Å². The maximum absolute atomic E-state index is 15.4. The molecule has 3 aromatic carbocycles. The fourth-order valence-corrected chi connectivity index (χ4v) is 6.34. The van der Waals surface area contributed by atoms with Crippen LogP contribution in [0.3, 0.4) is 0 Å². The number of aliphatic carboxylic acids is 1. The first-order chi connectivity index (χ1) is 22.7. The SMILES string of the molecule is O=C(O)C1C#CC1c1cc(F)c2nc(CN3CCC(Oc4ccc(F)c(COc5ccc(Cl)cc5F)c4)CC3)n(C[C@@H]3CCO3)c2c1. The number of rotatable bonds is 11. The van der Waals surface area contributed by atoms with Crippen LogP contribution in [0.1, 0.15) is 42.1 Å². The molecule has 2 saturated heterocycles. The maximum Gasteiger partial charge on any atom is 0.320 e. The largest absolute Gasteiger partial charge is 0.490 e. The second-order valence-electron chi connectivity index (χ2n) is 12.1. The molecule has 4 aromatic rings. The Bertz CT molecular complexity index is 1890. The van der Waals surface area contributed by atoms with E-state index in [2.05, 4.69) is 16.7 Å². The van der Waals surface area contributed by atoms with E-state index in [-0.39, 0.29) is 40.7 Å². The van der Waals surface area contributed by atoms with Crippen molar-refractivity contribution in [3.05, 3.63) is 88.0 Å². The van der Waals surface area contributed by atoms with Crippen molar-refractivity contribution in [3.63, 3.8) is 0 Å². The standard InChI is InChI=1S/C35H31ClF3N3O5/c36-22-1-6-32(29(38)16-22)46-19-21-13-24(2-5-28(21)37)47-23-7-10-41(11-8-23)18-33-40-34-30(39)14-20(26-3-4-27(26)35(43)44)15-31(34)42(33)17-25-9-12-45-25/h1-2,5-6,13-16,23,25-27H,7-12,17-19H2,(H,43,44)/t25-,26?,27?/m0/s1. The molecule has 12 heteroatoms. The van der Waals surface area contributed by atoms with E-state index in [1.54, 1.807) is 12.1 Å². The number of carboxylic acid groups (broad SMARTS) is 1. The fraction of sp³-hybridized carbons (Fsp3) is 0.371. The number of hydrogen-bond acceptors (Lipinski definition) is 6. The molecule has 3 aliphatic rings. The van der Waals surface area contributed by atoms with Gasteiger partial charge in [0.1, 0.15) is 41.5 Å². The second kappa shape index (κ2) is 13.1. The van der Waals surface area contributed by atoms with Crippen LogP contribution in [-0.4, -0.2) is 57.4 Å². The topological polar surface area (TPSA) is 86.0 Å². The van der Waals surface area contributed by atoms with Gasteiger partial charge in [-0.1, -0.05) is 23.4 Å². The molecular weight excluding hydrogens is 635 g/mol.